The Balaban J connectivity index is 1.82. The minimum absolute atomic E-state index is 0.323. The van der Waals surface area contributed by atoms with E-state index in [2.05, 4.69) is 31.2 Å². The van der Waals surface area contributed by atoms with Crippen LogP contribution in [0.3, 0.4) is 0 Å². The van der Waals surface area contributed by atoms with E-state index in [1.54, 1.807) is 12.4 Å². The molecule has 3 heterocycles. The molecule has 0 bridgehead atoms. The van der Waals surface area contributed by atoms with Crippen molar-refractivity contribution < 1.29 is 4.74 Å². The topological polar surface area (TPSA) is 47.0 Å². The number of aromatic nitrogens is 2. The molecule has 2 aromatic rings. The second-order valence-corrected chi connectivity index (χ2v) is 5.31. The predicted molar refractivity (Wildman–Crippen MR) is 74.7 cm³/mol. The van der Waals surface area contributed by atoms with E-state index >= 15 is 0 Å². The fraction of sp³-hybridized carbons (Fsp3) is 0.385. The predicted octanol–water partition coefficient (Wildman–Crippen LogP) is 2.98. The van der Waals surface area contributed by atoms with E-state index in [4.69, 9.17) is 4.74 Å². The molecule has 0 amide bonds. The molecule has 1 unspecified atom stereocenters. The summed E-state index contributed by atoms with van der Waals surface area (Å²) >= 11 is 3.41. The lowest BCUT2D eigenvalue weighted by atomic mass is 10.2. The maximum atomic E-state index is 5.60. The molecule has 1 aliphatic rings. The first-order valence-electron chi connectivity index (χ1n) is 6.09. The maximum absolute atomic E-state index is 5.60. The molecule has 0 spiro atoms. The van der Waals surface area contributed by atoms with Gasteiger partial charge in [-0.2, -0.15) is 0 Å². The van der Waals surface area contributed by atoms with Crippen LogP contribution in [0.1, 0.15) is 12.8 Å². The van der Waals surface area contributed by atoms with E-state index in [-0.39, 0.29) is 0 Å². The van der Waals surface area contributed by atoms with E-state index in [9.17, 15) is 0 Å². The Kier molecular flexibility index (Phi) is 3.43. The zero-order chi connectivity index (χ0) is 12.4. The Morgan fingerprint density at radius 3 is 3.22 bits per heavy atom. The second-order valence-electron chi connectivity index (χ2n) is 4.40. The van der Waals surface area contributed by atoms with Crippen LogP contribution in [0.25, 0.3) is 11.0 Å². The number of nitrogens with one attached hydrogen (secondary N) is 1. The van der Waals surface area contributed by atoms with Crippen molar-refractivity contribution in [1.29, 1.82) is 0 Å². The first kappa shape index (κ1) is 11.9. The molecule has 3 rings (SSSR count). The third kappa shape index (κ3) is 2.47. The normalized spacial score (nSPS) is 19.3. The molecule has 1 atom stereocenters. The fourth-order valence-electron chi connectivity index (χ4n) is 2.18. The van der Waals surface area contributed by atoms with E-state index in [1.807, 2.05) is 12.1 Å². The van der Waals surface area contributed by atoms with Gasteiger partial charge in [0.15, 0.2) is 0 Å². The molecule has 94 valence electrons. The number of fused-ring (bicyclic) bond motifs is 1. The number of halogens is 1. The smallest absolute Gasteiger partial charge is 0.112 e. The van der Waals surface area contributed by atoms with E-state index in [0.717, 1.165) is 47.2 Å². The van der Waals surface area contributed by atoms with Gasteiger partial charge in [0.05, 0.1) is 17.3 Å². The summed E-state index contributed by atoms with van der Waals surface area (Å²) in [4.78, 5) is 8.73. The Morgan fingerprint density at radius 2 is 2.39 bits per heavy atom. The van der Waals surface area contributed by atoms with E-state index < -0.39 is 0 Å². The van der Waals surface area contributed by atoms with E-state index in [0.29, 0.717) is 6.10 Å². The molecule has 2 aromatic heterocycles. The van der Waals surface area contributed by atoms with Gasteiger partial charge in [-0.05, 0) is 40.9 Å². The number of nitrogens with zero attached hydrogens (tertiary/aromatic N) is 2. The van der Waals surface area contributed by atoms with Crippen LogP contribution in [0.2, 0.25) is 0 Å². The molecule has 0 aromatic carbocycles. The fourth-order valence-corrected chi connectivity index (χ4v) is 2.50. The molecule has 18 heavy (non-hydrogen) atoms. The quantitative estimate of drug-likeness (QED) is 0.947. The summed E-state index contributed by atoms with van der Waals surface area (Å²) in [5.74, 6) is 0. The average molecular weight is 308 g/mol. The van der Waals surface area contributed by atoms with Crippen molar-refractivity contribution in [2.24, 2.45) is 0 Å². The van der Waals surface area contributed by atoms with Gasteiger partial charge < -0.3 is 10.1 Å². The Hall–Kier alpha value is -1.20. The van der Waals surface area contributed by atoms with Gasteiger partial charge in [-0.15, -0.1) is 0 Å². The number of hydrogen-bond acceptors (Lipinski definition) is 4. The van der Waals surface area contributed by atoms with Crippen LogP contribution in [0.4, 0.5) is 5.69 Å². The van der Waals surface area contributed by atoms with Crippen LogP contribution >= 0.6 is 15.9 Å². The number of pyridine rings is 2. The van der Waals surface area contributed by atoms with Crippen molar-refractivity contribution in [3.63, 3.8) is 0 Å². The van der Waals surface area contributed by atoms with Gasteiger partial charge in [0.2, 0.25) is 0 Å². The lowest BCUT2D eigenvalue weighted by Gasteiger charge is -2.13. The molecule has 4 nitrogen and oxygen atoms in total. The number of ether oxygens (including phenoxy) is 1. The molecule has 5 heteroatoms. The standard InChI is InChI=1S/C13H14BrN3O/c14-9-6-12-13(17-7-9)11(3-4-15-12)16-8-10-2-1-5-18-10/h3-4,6-7,10H,1-2,5,8H2,(H,15,16). The summed E-state index contributed by atoms with van der Waals surface area (Å²) in [7, 11) is 0. The largest absolute Gasteiger partial charge is 0.381 e. The van der Waals surface area contributed by atoms with Gasteiger partial charge in [0.1, 0.15) is 5.52 Å². The lowest BCUT2D eigenvalue weighted by Crippen LogP contribution is -2.18. The number of hydrogen-bond donors (Lipinski definition) is 1. The summed E-state index contributed by atoms with van der Waals surface area (Å²) in [5, 5.41) is 3.41. The van der Waals surface area contributed by atoms with Gasteiger partial charge >= 0.3 is 0 Å². The van der Waals surface area contributed by atoms with Crippen molar-refractivity contribution in [3.8, 4) is 0 Å². The SMILES string of the molecule is Brc1cnc2c(NCC3CCCO3)ccnc2c1. The second kappa shape index (κ2) is 5.20. The minimum atomic E-state index is 0.323. The summed E-state index contributed by atoms with van der Waals surface area (Å²) < 4.78 is 6.54. The molecule has 1 saturated heterocycles. The third-order valence-corrected chi connectivity index (χ3v) is 3.52. The van der Waals surface area contributed by atoms with Crippen LogP contribution < -0.4 is 5.32 Å². The van der Waals surface area contributed by atoms with Crippen LogP contribution in [0.5, 0.6) is 0 Å². The molecular formula is C13H14BrN3O. The highest BCUT2D eigenvalue weighted by Crippen LogP contribution is 2.22. The van der Waals surface area contributed by atoms with Crippen LogP contribution in [-0.2, 0) is 4.74 Å². The third-order valence-electron chi connectivity index (χ3n) is 3.09. The van der Waals surface area contributed by atoms with Crippen LogP contribution in [0, 0.1) is 0 Å². The Labute approximate surface area is 114 Å². The zero-order valence-electron chi connectivity index (χ0n) is 9.90. The van der Waals surface area contributed by atoms with Gasteiger partial charge in [-0.1, -0.05) is 0 Å². The van der Waals surface area contributed by atoms with E-state index in [1.165, 1.54) is 0 Å². The summed E-state index contributed by atoms with van der Waals surface area (Å²) in [6.45, 7) is 1.71. The van der Waals surface area contributed by atoms with Crippen molar-refractivity contribution in [2.75, 3.05) is 18.5 Å². The number of rotatable bonds is 3. The highest BCUT2D eigenvalue weighted by atomic mass is 79.9. The average Bonchev–Trinajstić information content (AvgIpc) is 2.89. The molecule has 1 fully saturated rings. The summed E-state index contributed by atoms with van der Waals surface area (Å²) in [6.07, 6.45) is 6.21. The zero-order valence-corrected chi connectivity index (χ0v) is 11.5. The minimum Gasteiger partial charge on any atom is -0.381 e. The molecule has 1 aliphatic heterocycles. The molecular weight excluding hydrogens is 294 g/mol. The van der Waals surface area contributed by atoms with Crippen LogP contribution in [-0.4, -0.2) is 29.2 Å². The highest BCUT2D eigenvalue weighted by Gasteiger charge is 2.15. The van der Waals surface area contributed by atoms with Crippen molar-refractivity contribution in [1.82, 2.24) is 9.97 Å². The van der Waals surface area contributed by atoms with Crippen molar-refractivity contribution in [2.45, 2.75) is 18.9 Å². The molecule has 1 N–H and O–H groups in total. The maximum Gasteiger partial charge on any atom is 0.112 e. The van der Waals surface area contributed by atoms with Gasteiger partial charge in [-0.25, -0.2) is 0 Å². The van der Waals surface area contributed by atoms with Gasteiger partial charge in [-0.3, -0.25) is 9.97 Å². The summed E-state index contributed by atoms with van der Waals surface area (Å²) in [6, 6.07) is 3.93. The molecule has 0 radical (unpaired) electrons. The molecule has 0 saturated carbocycles. The summed E-state index contributed by atoms with van der Waals surface area (Å²) in [5.41, 5.74) is 2.81. The van der Waals surface area contributed by atoms with Crippen LogP contribution in [0.15, 0.2) is 29.0 Å². The lowest BCUT2D eigenvalue weighted by molar-refractivity contribution is 0.120. The Bertz CT molecular complexity index is 555. The van der Waals surface area contributed by atoms with Gasteiger partial charge in [0.25, 0.3) is 0 Å². The number of anilines is 1. The Morgan fingerprint density at radius 1 is 1.44 bits per heavy atom. The monoisotopic (exact) mass is 307 g/mol. The first-order valence-corrected chi connectivity index (χ1v) is 6.88. The van der Waals surface area contributed by atoms with Gasteiger partial charge in [0, 0.05) is 30.0 Å². The van der Waals surface area contributed by atoms with Crippen molar-refractivity contribution in [3.05, 3.63) is 29.0 Å². The van der Waals surface area contributed by atoms with Crippen molar-refractivity contribution >= 4 is 32.7 Å². The first-order chi connectivity index (χ1) is 8.83. The highest BCUT2D eigenvalue weighted by molar-refractivity contribution is 9.10. The molecule has 0 aliphatic carbocycles.